The highest BCUT2D eigenvalue weighted by atomic mass is 14.5. The summed E-state index contributed by atoms with van der Waals surface area (Å²) >= 11 is 0. The maximum atomic E-state index is 2.50. The predicted molar refractivity (Wildman–Crippen MR) is 86.3 cm³/mol. The Morgan fingerprint density at radius 2 is 1.19 bits per heavy atom. The van der Waals surface area contributed by atoms with Gasteiger partial charge in [-0.25, -0.2) is 0 Å². The van der Waals surface area contributed by atoms with Gasteiger partial charge in [-0.15, -0.1) is 0 Å². The number of fused-ring (bicyclic) bond motifs is 6. The van der Waals surface area contributed by atoms with Gasteiger partial charge in [-0.2, -0.15) is 0 Å². The Morgan fingerprint density at radius 3 is 1.71 bits per heavy atom. The van der Waals surface area contributed by atoms with Crippen molar-refractivity contribution in [1.82, 2.24) is 0 Å². The number of hydrogen-bond acceptors (Lipinski definition) is 0. The van der Waals surface area contributed by atoms with Crippen LogP contribution in [0.4, 0.5) is 0 Å². The predicted octanol–water partition coefficient (Wildman–Crippen LogP) is 4.85. The van der Waals surface area contributed by atoms with Crippen molar-refractivity contribution >= 4 is 11.1 Å². The molecule has 21 heavy (non-hydrogen) atoms. The van der Waals surface area contributed by atoms with Crippen LogP contribution < -0.4 is 0 Å². The van der Waals surface area contributed by atoms with Crippen LogP contribution >= 0.6 is 0 Å². The van der Waals surface area contributed by atoms with Crippen LogP contribution in [0.1, 0.15) is 51.6 Å². The molecule has 0 N–H and O–H groups in total. The third kappa shape index (κ3) is 1.11. The first-order valence-electron chi connectivity index (χ1n) is 8.06. The van der Waals surface area contributed by atoms with E-state index in [4.69, 9.17) is 0 Å². The molecule has 0 aromatic heterocycles. The minimum Gasteiger partial charge on any atom is -0.0757 e. The molecule has 100 valence electrons. The molecule has 0 heteroatoms. The molecule has 0 saturated heterocycles. The van der Waals surface area contributed by atoms with Crippen LogP contribution in [0.15, 0.2) is 48.6 Å². The molecule has 0 unspecified atom stereocenters. The summed E-state index contributed by atoms with van der Waals surface area (Å²) in [5.74, 6) is 1.27. The fraction of sp³-hybridized carbons (Fsp3) is 0.238. The fourth-order valence-electron chi connectivity index (χ4n) is 5.22. The minimum atomic E-state index is 0.636. The summed E-state index contributed by atoms with van der Waals surface area (Å²) in [5, 5.41) is 0. The molecular formula is C21H16. The average Bonchev–Trinajstić information content (AvgIpc) is 3.14. The monoisotopic (exact) mass is 268 g/mol. The van der Waals surface area contributed by atoms with Crippen LogP contribution in [0, 0.1) is 0 Å². The molecular weight excluding hydrogens is 252 g/mol. The van der Waals surface area contributed by atoms with E-state index in [0.717, 1.165) is 12.8 Å². The van der Waals surface area contributed by atoms with E-state index in [1.54, 1.807) is 44.5 Å². The molecule has 0 amide bonds. The molecule has 0 aliphatic heterocycles. The molecule has 2 atom stereocenters. The highest BCUT2D eigenvalue weighted by Crippen LogP contribution is 2.60. The largest absolute Gasteiger partial charge is 0.0757 e. The summed E-state index contributed by atoms with van der Waals surface area (Å²) in [6, 6.07) is 13.9. The van der Waals surface area contributed by atoms with E-state index >= 15 is 0 Å². The highest BCUT2D eigenvalue weighted by Gasteiger charge is 2.43. The van der Waals surface area contributed by atoms with Gasteiger partial charge in [0.15, 0.2) is 0 Å². The minimum absolute atomic E-state index is 0.636. The second-order valence-corrected chi connectivity index (χ2v) is 6.83. The Morgan fingerprint density at radius 1 is 0.667 bits per heavy atom. The van der Waals surface area contributed by atoms with E-state index in [1.807, 2.05) is 0 Å². The van der Waals surface area contributed by atoms with Crippen LogP contribution in [0.3, 0.4) is 0 Å². The van der Waals surface area contributed by atoms with Crippen molar-refractivity contribution in [3.8, 4) is 0 Å². The molecule has 4 aliphatic carbocycles. The van der Waals surface area contributed by atoms with Crippen molar-refractivity contribution in [3.05, 3.63) is 81.9 Å². The third-order valence-electron chi connectivity index (χ3n) is 6.00. The molecule has 2 aromatic rings. The van der Waals surface area contributed by atoms with Gasteiger partial charge in [0, 0.05) is 11.8 Å². The van der Waals surface area contributed by atoms with Gasteiger partial charge in [-0.1, -0.05) is 48.6 Å². The maximum absolute atomic E-state index is 2.50. The third-order valence-corrected chi connectivity index (χ3v) is 6.00. The Labute approximate surface area is 124 Å². The van der Waals surface area contributed by atoms with E-state index in [9.17, 15) is 0 Å². The molecule has 0 heterocycles. The fourth-order valence-corrected chi connectivity index (χ4v) is 5.22. The number of hydrogen-bond donors (Lipinski definition) is 0. The number of rotatable bonds is 0. The molecule has 4 aliphatic rings. The summed E-state index contributed by atoms with van der Waals surface area (Å²) in [6.45, 7) is 0. The molecule has 6 rings (SSSR count). The zero-order valence-corrected chi connectivity index (χ0v) is 11.9. The van der Waals surface area contributed by atoms with Gasteiger partial charge in [0.1, 0.15) is 0 Å². The van der Waals surface area contributed by atoms with Crippen molar-refractivity contribution in [3.63, 3.8) is 0 Å². The van der Waals surface area contributed by atoms with Crippen molar-refractivity contribution in [2.45, 2.75) is 31.1 Å². The second-order valence-electron chi connectivity index (χ2n) is 6.83. The van der Waals surface area contributed by atoms with Crippen molar-refractivity contribution in [2.24, 2.45) is 0 Å². The van der Waals surface area contributed by atoms with Crippen LogP contribution in [0.25, 0.3) is 11.1 Å². The maximum Gasteiger partial charge on any atom is 0.0108 e. The molecule has 2 aromatic carbocycles. The van der Waals surface area contributed by atoms with E-state index in [2.05, 4.69) is 48.6 Å². The lowest BCUT2D eigenvalue weighted by Crippen LogP contribution is -2.23. The SMILES string of the molecule is C1=C2c3c(cccc3[C@H]3C[C@@H]2c2cccc4c2C3=CC4)C1. The van der Waals surface area contributed by atoms with Gasteiger partial charge in [0.2, 0.25) is 0 Å². The van der Waals surface area contributed by atoms with E-state index in [1.165, 1.54) is 6.42 Å². The second kappa shape index (κ2) is 3.39. The summed E-state index contributed by atoms with van der Waals surface area (Å²) in [7, 11) is 0. The van der Waals surface area contributed by atoms with Gasteiger partial charge in [0.25, 0.3) is 0 Å². The van der Waals surface area contributed by atoms with Crippen LogP contribution in [-0.2, 0) is 12.8 Å². The van der Waals surface area contributed by atoms with Gasteiger partial charge >= 0.3 is 0 Å². The Kier molecular flexibility index (Phi) is 1.71. The first kappa shape index (κ1) is 10.6. The van der Waals surface area contributed by atoms with Gasteiger partial charge in [-0.3, -0.25) is 0 Å². The smallest absolute Gasteiger partial charge is 0.0108 e. The number of allylic oxidation sites excluding steroid dienone is 4. The average molecular weight is 268 g/mol. The van der Waals surface area contributed by atoms with Gasteiger partial charge in [-0.05, 0) is 63.8 Å². The lowest BCUT2D eigenvalue weighted by molar-refractivity contribution is 0.651. The molecule has 0 spiro atoms. The van der Waals surface area contributed by atoms with Crippen molar-refractivity contribution in [2.75, 3.05) is 0 Å². The first-order valence-corrected chi connectivity index (χ1v) is 8.06. The number of benzene rings is 2. The summed E-state index contributed by atoms with van der Waals surface area (Å²) in [6.07, 6.45) is 8.55. The van der Waals surface area contributed by atoms with Crippen LogP contribution in [0.5, 0.6) is 0 Å². The van der Waals surface area contributed by atoms with Crippen LogP contribution in [-0.4, -0.2) is 0 Å². The summed E-state index contributed by atoms with van der Waals surface area (Å²) in [4.78, 5) is 0. The standard InChI is InChI=1S/C21H16/c1-3-12-7-9-17-19-11-18(14(5-1)20(12)17)16-10-8-13-4-2-6-15(19)21(13)16/h1-6,9-10,18-19H,7-8,11H2/t18-,19-/m1/s1. The normalized spacial score (nSPS) is 26.1. The van der Waals surface area contributed by atoms with E-state index in [-0.39, 0.29) is 0 Å². The zero-order valence-electron chi connectivity index (χ0n) is 11.9. The van der Waals surface area contributed by atoms with Gasteiger partial charge < -0.3 is 0 Å². The topological polar surface area (TPSA) is 0 Å². The molecule has 0 fully saturated rings. The molecule has 2 bridgehead atoms. The van der Waals surface area contributed by atoms with E-state index < -0.39 is 0 Å². The lowest BCUT2D eigenvalue weighted by atomic mass is 9.63. The molecule has 0 radical (unpaired) electrons. The van der Waals surface area contributed by atoms with E-state index in [0.29, 0.717) is 11.8 Å². The van der Waals surface area contributed by atoms with Crippen molar-refractivity contribution in [1.29, 1.82) is 0 Å². The zero-order chi connectivity index (χ0) is 13.6. The highest BCUT2D eigenvalue weighted by molar-refractivity contribution is 5.92. The Bertz CT molecular complexity index is 805. The van der Waals surface area contributed by atoms with Gasteiger partial charge in [0.05, 0.1) is 0 Å². The Balaban J connectivity index is 1.74. The summed E-state index contributed by atoms with van der Waals surface area (Å²) < 4.78 is 0. The summed E-state index contributed by atoms with van der Waals surface area (Å²) in [5.41, 5.74) is 12.7. The molecule has 0 saturated carbocycles. The quantitative estimate of drug-likeness (QED) is 0.640. The van der Waals surface area contributed by atoms with Crippen LogP contribution in [0.2, 0.25) is 0 Å². The Hall–Kier alpha value is -2.08. The van der Waals surface area contributed by atoms with Crippen molar-refractivity contribution < 1.29 is 0 Å². The first-order chi connectivity index (χ1) is 10.4. The lowest BCUT2D eigenvalue weighted by Gasteiger charge is -2.40. The molecule has 0 nitrogen and oxygen atoms in total.